The Morgan fingerprint density at radius 2 is 1.65 bits per heavy atom. The molecular formula is C19H19NO3. The topological polar surface area (TPSA) is 66.4 Å². The van der Waals surface area contributed by atoms with Gasteiger partial charge in [-0.25, -0.2) is 0 Å². The average molecular weight is 309 g/mol. The highest BCUT2D eigenvalue weighted by Crippen LogP contribution is 2.52. The molecule has 0 aliphatic heterocycles. The van der Waals surface area contributed by atoms with Crippen LogP contribution in [0.15, 0.2) is 42.5 Å². The van der Waals surface area contributed by atoms with Crippen molar-refractivity contribution in [2.24, 2.45) is 23.7 Å². The van der Waals surface area contributed by atoms with Gasteiger partial charge in [-0.1, -0.05) is 30.3 Å². The van der Waals surface area contributed by atoms with Crippen molar-refractivity contribution in [3.63, 3.8) is 0 Å². The third-order valence-corrected chi connectivity index (χ3v) is 5.52. The molecule has 118 valence electrons. The number of aliphatic carboxylic acids is 1. The molecule has 2 N–H and O–H groups in total. The zero-order valence-electron chi connectivity index (χ0n) is 12.7. The number of anilines is 1. The Bertz CT molecular complexity index is 785. The lowest BCUT2D eigenvalue weighted by Gasteiger charge is -2.27. The largest absolute Gasteiger partial charge is 0.481 e. The van der Waals surface area contributed by atoms with Crippen LogP contribution >= 0.6 is 0 Å². The molecule has 0 unspecified atom stereocenters. The highest BCUT2D eigenvalue weighted by atomic mass is 16.4. The van der Waals surface area contributed by atoms with Crippen LogP contribution in [0.3, 0.4) is 0 Å². The normalized spacial score (nSPS) is 28.9. The van der Waals surface area contributed by atoms with Crippen LogP contribution in [0.2, 0.25) is 0 Å². The first-order chi connectivity index (χ1) is 11.1. The van der Waals surface area contributed by atoms with Crippen molar-refractivity contribution in [3.8, 4) is 0 Å². The lowest BCUT2D eigenvalue weighted by molar-refractivity contribution is -0.148. The van der Waals surface area contributed by atoms with Gasteiger partial charge in [-0.15, -0.1) is 0 Å². The fraction of sp³-hybridized carbons (Fsp3) is 0.368. The molecule has 2 aliphatic rings. The van der Waals surface area contributed by atoms with Gasteiger partial charge in [-0.05, 0) is 54.0 Å². The molecule has 0 saturated heterocycles. The molecule has 4 heteroatoms. The third-order valence-electron chi connectivity index (χ3n) is 5.52. The number of amides is 1. The zero-order valence-corrected chi connectivity index (χ0v) is 12.7. The van der Waals surface area contributed by atoms with Crippen molar-refractivity contribution >= 4 is 28.3 Å². The molecule has 0 aromatic heterocycles. The van der Waals surface area contributed by atoms with E-state index in [4.69, 9.17) is 0 Å². The monoisotopic (exact) mass is 309 g/mol. The van der Waals surface area contributed by atoms with Crippen molar-refractivity contribution in [2.45, 2.75) is 19.3 Å². The van der Waals surface area contributed by atoms with Crippen LogP contribution in [-0.4, -0.2) is 17.0 Å². The molecule has 2 aliphatic carbocycles. The molecule has 1 amide bonds. The molecule has 0 heterocycles. The van der Waals surface area contributed by atoms with Crippen LogP contribution in [0.5, 0.6) is 0 Å². The lowest BCUT2D eigenvalue weighted by Crippen LogP contribution is -2.37. The summed E-state index contributed by atoms with van der Waals surface area (Å²) in [6.45, 7) is 0. The summed E-state index contributed by atoms with van der Waals surface area (Å²) >= 11 is 0. The smallest absolute Gasteiger partial charge is 0.307 e. The predicted molar refractivity (Wildman–Crippen MR) is 88.0 cm³/mol. The van der Waals surface area contributed by atoms with Gasteiger partial charge in [0.1, 0.15) is 0 Å². The number of carboxylic acid groups (broad SMARTS) is 1. The van der Waals surface area contributed by atoms with Crippen molar-refractivity contribution in [2.75, 3.05) is 5.32 Å². The number of rotatable bonds is 3. The van der Waals surface area contributed by atoms with Crippen molar-refractivity contribution in [1.82, 2.24) is 0 Å². The number of hydrogen-bond acceptors (Lipinski definition) is 2. The Labute approximate surface area is 134 Å². The number of carbonyl (C=O) groups is 2. The van der Waals surface area contributed by atoms with Crippen LogP contribution in [0.1, 0.15) is 19.3 Å². The molecule has 4 atom stereocenters. The standard InChI is InChI=1S/C19H19NO3/c21-18(16-13-5-6-14(9-13)17(16)19(22)23)20-15-8-7-11-3-1-2-4-12(11)10-15/h1-4,7-8,10,13-14,16-17H,5-6,9H2,(H,20,21)(H,22,23)/t13-,14+,16+,17+/m1/s1. The average Bonchev–Trinajstić information content (AvgIpc) is 3.15. The molecule has 4 rings (SSSR count). The van der Waals surface area contributed by atoms with Gasteiger partial charge in [-0.3, -0.25) is 9.59 Å². The Balaban J connectivity index is 1.57. The summed E-state index contributed by atoms with van der Waals surface area (Å²) in [5.41, 5.74) is 0.737. The molecule has 4 nitrogen and oxygen atoms in total. The fourth-order valence-corrected chi connectivity index (χ4v) is 4.52. The number of carbonyl (C=O) groups excluding carboxylic acids is 1. The zero-order chi connectivity index (χ0) is 16.0. The first kappa shape index (κ1) is 14.2. The molecule has 2 saturated carbocycles. The Morgan fingerprint density at radius 3 is 2.39 bits per heavy atom. The first-order valence-corrected chi connectivity index (χ1v) is 8.16. The van der Waals surface area contributed by atoms with Crippen LogP contribution in [0.4, 0.5) is 5.69 Å². The molecular weight excluding hydrogens is 290 g/mol. The molecule has 2 aromatic rings. The van der Waals surface area contributed by atoms with Crippen LogP contribution in [0.25, 0.3) is 10.8 Å². The van der Waals surface area contributed by atoms with E-state index in [0.29, 0.717) is 0 Å². The molecule has 0 radical (unpaired) electrons. The van der Waals surface area contributed by atoms with Crippen molar-refractivity contribution < 1.29 is 14.7 Å². The van der Waals surface area contributed by atoms with Gasteiger partial charge >= 0.3 is 5.97 Å². The Morgan fingerprint density at radius 1 is 0.957 bits per heavy atom. The van der Waals surface area contributed by atoms with E-state index in [0.717, 1.165) is 35.7 Å². The maximum absolute atomic E-state index is 12.7. The number of hydrogen-bond donors (Lipinski definition) is 2. The minimum atomic E-state index is -0.823. The summed E-state index contributed by atoms with van der Waals surface area (Å²) in [6, 6.07) is 13.8. The summed E-state index contributed by atoms with van der Waals surface area (Å²) in [4.78, 5) is 24.2. The van der Waals surface area contributed by atoms with E-state index < -0.39 is 17.8 Å². The SMILES string of the molecule is O=C(O)[C@H]1[C@H]2CC[C@H](C2)[C@@H]1C(=O)Nc1ccc2ccccc2c1. The highest BCUT2D eigenvalue weighted by molar-refractivity contribution is 5.98. The second-order valence-electron chi connectivity index (χ2n) is 6.77. The third kappa shape index (κ3) is 2.38. The first-order valence-electron chi connectivity index (χ1n) is 8.16. The van der Waals surface area contributed by atoms with Gasteiger partial charge in [0, 0.05) is 5.69 Å². The molecule has 2 fully saturated rings. The Hall–Kier alpha value is -2.36. The van der Waals surface area contributed by atoms with Gasteiger partial charge in [0.05, 0.1) is 11.8 Å². The molecule has 0 spiro atoms. The van der Waals surface area contributed by atoms with Crippen LogP contribution in [0, 0.1) is 23.7 Å². The van der Waals surface area contributed by atoms with Crippen LogP contribution < -0.4 is 5.32 Å². The Kier molecular flexibility index (Phi) is 3.33. The fourth-order valence-electron chi connectivity index (χ4n) is 4.52. The van der Waals surface area contributed by atoms with Gasteiger partial charge in [-0.2, -0.15) is 0 Å². The van der Waals surface area contributed by atoms with Crippen molar-refractivity contribution in [1.29, 1.82) is 0 Å². The lowest BCUT2D eigenvalue weighted by atomic mass is 9.78. The summed E-state index contributed by atoms with van der Waals surface area (Å²) < 4.78 is 0. The summed E-state index contributed by atoms with van der Waals surface area (Å²) in [5, 5.41) is 14.6. The summed E-state index contributed by atoms with van der Waals surface area (Å²) in [6.07, 6.45) is 2.80. The minimum Gasteiger partial charge on any atom is -0.481 e. The molecule has 23 heavy (non-hydrogen) atoms. The number of benzene rings is 2. The highest BCUT2D eigenvalue weighted by Gasteiger charge is 2.53. The van der Waals surface area contributed by atoms with E-state index in [1.54, 1.807) is 0 Å². The maximum Gasteiger partial charge on any atom is 0.307 e. The van der Waals surface area contributed by atoms with E-state index in [1.165, 1.54) is 0 Å². The second kappa shape index (κ2) is 5.37. The van der Waals surface area contributed by atoms with E-state index in [1.807, 2.05) is 42.5 Å². The van der Waals surface area contributed by atoms with Crippen LogP contribution in [-0.2, 0) is 9.59 Å². The summed E-state index contributed by atoms with van der Waals surface area (Å²) in [7, 11) is 0. The quantitative estimate of drug-likeness (QED) is 0.911. The van der Waals surface area contributed by atoms with E-state index in [9.17, 15) is 14.7 Å². The van der Waals surface area contributed by atoms with E-state index in [-0.39, 0.29) is 17.7 Å². The van der Waals surface area contributed by atoms with Gasteiger partial charge in [0.15, 0.2) is 0 Å². The summed E-state index contributed by atoms with van der Waals surface area (Å²) in [5.74, 6) is -1.48. The molecule has 2 bridgehead atoms. The predicted octanol–water partition coefficient (Wildman–Crippen LogP) is 3.53. The van der Waals surface area contributed by atoms with E-state index in [2.05, 4.69) is 5.32 Å². The second-order valence-corrected chi connectivity index (χ2v) is 6.77. The van der Waals surface area contributed by atoms with Crippen molar-refractivity contribution in [3.05, 3.63) is 42.5 Å². The number of fused-ring (bicyclic) bond motifs is 3. The van der Waals surface area contributed by atoms with E-state index >= 15 is 0 Å². The van der Waals surface area contributed by atoms with Gasteiger partial charge in [0.25, 0.3) is 0 Å². The molecule has 2 aromatic carbocycles. The van der Waals surface area contributed by atoms with Gasteiger partial charge < -0.3 is 10.4 Å². The number of nitrogens with one attached hydrogen (secondary N) is 1. The van der Waals surface area contributed by atoms with Gasteiger partial charge in [0.2, 0.25) is 5.91 Å². The number of carboxylic acids is 1. The maximum atomic E-state index is 12.7. The minimum absolute atomic E-state index is 0.139.